The van der Waals surface area contributed by atoms with E-state index in [2.05, 4.69) is 5.16 Å². The summed E-state index contributed by atoms with van der Waals surface area (Å²) in [5.74, 6) is 1.20. The summed E-state index contributed by atoms with van der Waals surface area (Å²) < 4.78 is 11.2. The molecule has 0 aromatic heterocycles. The van der Waals surface area contributed by atoms with Gasteiger partial charge >= 0.3 is 5.97 Å². The molecule has 0 unspecified atom stereocenters. The smallest absolute Gasteiger partial charge is 0.308 e. The Morgan fingerprint density at radius 2 is 1.78 bits per heavy atom. The van der Waals surface area contributed by atoms with Crippen LogP contribution in [0.1, 0.15) is 25.0 Å². The highest BCUT2D eigenvalue weighted by Gasteiger charge is 2.13. The number of carbonyl (C=O) groups is 1. The molecule has 0 saturated heterocycles. The minimum Gasteiger partial charge on any atom is -0.456 e. The van der Waals surface area contributed by atoms with Crippen molar-refractivity contribution in [3.8, 4) is 17.2 Å². The van der Waals surface area contributed by atoms with Crippen LogP contribution in [0.4, 0.5) is 0 Å². The molecule has 0 spiro atoms. The molecule has 0 radical (unpaired) electrons. The Balaban J connectivity index is 2.40. The number of ether oxygens (including phenoxy) is 2. The van der Waals surface area contributed by atoms with Crippen molar-refractivity contribution in [1.29, 1.82) is 0 Å². The molecule has 23 heavy (non-hydrogen) atoms. The first kappa shape index (κ1) is 16.5. The summed E-state index contributed by atoms with van der Waals surface area (Å²) in [6.45, 7) is 5.58. The molecule has 0 amide bonds. The zero-order valence-corrected chi connectivity index (χ0v) is 13.4. The molecule has 5 nitrogen and oxygen atoms in total. The van der Waals surface area contributed by atoms with Gasteiger partial charge in [0.25, 0.3) is 0 Å². The van der Waals surface area contributed by atoms with Crippen LogP contribution in [0, 0.1) is 6.92 Å². The van der Waals surface area contributed by atoms with E-state index in [1.54, 1.807) is 18.2 Å². The first-order chi connectivity index (χ1) is 11.1. The van der Waals surface area contributed by atoms with Crippen LogP contribution >= 0.6 is 0 Å². The number of hydrogen-bond acceptors (Lipinski definition) is 5. The highest BCUT2D eigenvalue weighted by Crippen LogP contribution is 2.32. The fourth-order valence-corrected chi connectivity index (χ4v) is 1.94. The average molecular weight is 313 g/mol. The minimum absolute atomic E-state index is 0.368. The lowest BCUT2D eigenvalue weighted by Gasteiger charge is -2.13. The monoisotopic (exact) mass is 313 g/mol. The van der Waals surface area contributed by atoms with E-state index in [1.165, 1.54) is 13.1 Å². The van der Waals surface area contributed by atoms with Crippen LogP contribution in [0.2, 0.25) is 0 Å². The molecule has 5 heteroatoms. The molecule has 0 N–H and O–H groups in total. The Bertz CT molecular complexity index is 710. The third-order valence-corrected chi connectivity index (χ3v) is 2.98. The van der Waals surface area contributed by atoms with Crippen molar-refractivity contribution in [2.24, 2.45) is 5.16 Å². The van der Waals surface area contributed by atoms with Gasteiger partial charge in [-0.2, -0.15) is 0 Å². The Morgan fingerprint density at radius 1 is 1.09 bits per heavy atom. The Morgan fingerprint density at radius 3 is 2.48 bits per heavy atom. The van der Waals surface area contributed by atoms with Crippen LogP contribution in [0.3, 0.4) is 0 Å². The van der Waals surface area contributed by atoms with E-state index in [0.717, 1.165) is 11.3 Å². The lowest BCUT2D eigenvalue weighted by molar-refractivity contribution is -0.131. The third kappa shape index (κ3) is 4.57. The maximum atomic E-state index is 11.3. The van der Waals surface area contributed by atoms with Gasteiger partial charge in [0.05, 0.1) is 11.8 Å². The molecule has 0 aliphatic heterocycles. The third-order valence-electron chi connectivity index (χ3n) is 2.98. The fourth-order valence-electron chi connectivity index (χ4n) is 1.94. The summed E-state index contributed by atoms with van der Waals surface area (Å²) in [7, 11) is 0. The van der Waals surface area contributed by atoms with Crippen LogP contribution < -0.4 is 9.47 Å². The van der Waals surface area contributed by atoms with Gasteiger partial charge in [-0.3, -0.25) is 4.79 Å². The summed E-state index contributed by atoms with van der Waals surface area (Å²) in [5.41, 5.74) is 1.54. The van der Waals surface area contributed by atoms with E-state index in [9.17, 15) is 4.79 Å². The molecule has 0 atom stereocenters. The Hall–Kier alpha value is -2.82. The van der Waals surface area contributed by atoms with Gasteiger partial charge in [-0.05, 0) is 37.6 Å². The summed E-state index contributed by atoms with van der Waals surface area (Å²) in [6.07, 6.45) is 1.48. The lowest BCUT2D eigenvalue weighted by Crippen LogP contribution is -2.05. The molecule has 2 rings (SSSR count). The molecule has 120 valence electrons. The molecule has 0 heterocycles. The highest BCUT2D eigenvalue weighted by molar-refractivity contribution is 5.88. The van der Waals surface area contributed by atoms with Gasteiger partial charge in [0.15, 0.2) is 0 Å². The van der Waals surface area contributed by atoms with E-state index in [1.807, 2.05) is 38.1 Å². The number of oxime groups is 1. The van der Waals surface area contributed by atoms with Crippen LogP contribution in [0.5, 0.6) is 17.2 Å². The number of nitrogens with zero attached hydrogens (tertiary/aromatic N) is 1. The van der Waals surface area contributed by atoms with Gasteiger partial charge in [0, 0.05) is 6.92 Å². The number of esters is 1. The summed E-state index contributed by atoms with van der Waals surface area (Å²) in [4.78, 5) is 16.3. The van der Waals surface area contributed by atoms with Crippen molar-refractivity contribution in [2.45, 2.75) is 20.8 Å². The number of rotatable bonds is 6. The highest BCUT2D eigenvalue weighted by atomic mass is 16.6. The molecule has 2 aromatic rings. The summed E-state index contributed by atoms with van der Waals surface area (Å²) >= 11 is 0. The maximum Gasteiger partial charge on any atom is 0.308 e. The van der Waals surface area contributed by atoms with E-state index in [-0.39, 0.29) is 0 Å². The molecule has 0 aliphatic carbocycles. The second-order valence-electron chi connectivity index (χ2n) is 4.78. The Labute approximate surface area is 135 Å². The number of benzene rings is 2. The fraction of sp³-hybridized carbons (Fsp3) is 0.222. The van der Waals surface area contributed by atoms with Crippen LogP contribution in [-0.4, -0.2) is 18.8 Å². The second-order valence-corrected chi connectivity index (χ2v) is 4.78. The molecule has 0 aliphatic rings. The SMILES string of the molecule is CCO/N=C/c1c(OC(C)=O)cccc1Oc1ccccc1C. The topological polar surface area (TPSA) is 57.1 Å². The van der Waals surface area contributed by atoms with Gasteiger partial charge in [-0.1, -0.05) is 29.4 Å². The molecule has 2 aromatic carbocycles. The lowest BCUT2D eigenvalue weighted by atomic mass is 10.2. The van der Waals surface area contributed by atoms with Gasteiger partial charge in [-0.15, -0.1) is 0 Å². The van der Waals surface area contributed by atoms with Crippen molar-refractivity contribution < 1.29 is 19.1 Å². The summed E-state index contributed by atoms with van der Waals surface area (Å²) in [6, 6.07) is 12.9. The van der Waals surface area contributed by atoms with Crippen molar-refractivity contribution in [1.82, 2.24) is 0 Å². The first-order valence-electron chi connectivity index (χ1n) is 7.32. The standard InChI is InChI=1S/C18H19NO4/c1-4-21-19-12-15-17(22-14(3)20)10-7-11-18(15)23-16-9-6-5-8-13(16)2/h5-12H,4H2,1-3H3/b19-12+. The van der Waals surface area contributed by atoms with Crippen molar-refractivity contribution in [2.75, 3.05) is 6.61 Å². The quantitative estimate of drug-likeness (QED) is 0.349. The van der Waals surface area contributed by atoms with E-state index >= 15 is 0 Å². The van der Waals surface area contributed by atoms with Gasteiger partial charge < -0.3 is 14.3 Å². The molecule has 0 saturated carbocycles. The molecular weight excluding hydrogens is 294 g/mol. The molecule has 0 bridgehead atoms. The number of para-hydroxylation sites is 1. The first-order valence-corrected chi connectivity index (χ1v) is 7.32. The van der Waals surface area contributed by atoms with E-state index < -0.39 is 5.97 Å². The van der Waals surface area contributed by atoms with Crippen LogP contribution in [0.15, 0.2) is 47.6 Å². The van der Waals surface area contributed by atoms with Gasteiger partial charge in [0.2, 0.25) is 0 Å². The number of hydrogen-bond donors (Lipinski definition) is 0. The van der Waals surface area contributed by atoms with Gasteiger partial charge in [0.1, 0.15) is 23.9 Å². The van der Waals surface area contributed by atoms with Gasteiger partial charge in [-0.25, -0.2) is 0 Å². The van der Waals surface area contributed by atoms with Crippen LogP contribution in [-0.2, 0) is 9.63 Å². The normalized spacial score (nSPS) is 10.6. The Kier molecular flexibility index (Phi) is 5.74. The van der Waals surface area contributed by atoms with Crippen LogP contribution in [0.25, 0.3) is 0 Å². The minimum atomic E-state index is -0.413. The number of aryl methyl sites for hydroxylation is 1. The number of carbonyl (C=O) groups excluding carboxylic acids is 1. The molecule has 0 fully saturated rings. The van der Waals surface area contributed by atoms with Crippen molar-refractivity contribution in [3.05, 3.63) is 53.6 Å². The van der Waals surface area contributed by atoms with E-state index in [4.69, 9.17) is 14.3 Å². The predicted octanol–water partition coefficient (Wildman–Crippen LogP) is 4.08. The average Bonchev–Trinajstić information content (AvgIpc) is 2.51. The van der Waals surface area contributed by atoms with Crippen molar-refractivity contribution in [3.63, 3.8) is 0 Å². The summed E-state index contributed by atoms with van der Waals surface area (Å²) in [5, 5.41) is 3.86. The largest absolute Gasteiger partial charge is 0.456 e. The zero-order chi connectivity index (χ0) is 16.7. The van der Waals surface area contributed by atoms with E-state index in [0.29, 0.717) is 23.7 Å². The van der Waals surface area contributed by atoms with Crippen molar-refractivity contribution >= 4 is 12.2 Å². The second kappa shape index (κ2) is 7.98. The maximum absolute atomic E-state index is 11.3. The predicted molar refractivity (Wildman–Crippen MR) is 88.2 cm³/mol. The zero-order valence-electron chi connectivity index (χ0n) is 13.4. The molecular formula is C18H19NO4.